The quantitative estimate of drug-likeness (QED) is 0.829. The number of carbonyl (C=O) groups is 1. The maximum Gasteiger partial charge on any atom is 0.275 e. The summed E-state index contributed by atoms with van der Waals surface area (Å²) in [5.74, 6) is 0.0831. The first-order valence-corrected chi connectivity index (χ1v) is 7.34. The lowest BCUT2D eigenvalue weighted by molar-refractivity contribution is -0.885. The molecule has 0 fully saturated rings. The van der Waals surface area contributed by atoms with Crippen molar-refractivity contribution >= 4 is 5.91 Å². The summed E-state index contributed by atoms with van der Waals surface area (Å²) < 4.78 is 0. The smallest absolute Gasteiger partial charge is 0.275 e. The second kappa shape index (κ2) is 7.60. The highest BCUT2D eigenvalue weighted by Gasteiger charge is 2.13. The third kappa shape index (κ3) is 5.04. The summed E-state index contributed by atoms with van der Waals surface area (Å²) in [7, 11) is 2.04. The molecular formula is C18H23N2O+. The van der Waals surface area contributed by atoms with Gasteiger partial charge in [0.25, 0.3) is 5.91 Å². The van der Waals surface area contributed by atoms with E-state index in [-0.39, 0.29) is 11.9 Å². The molecule has 2 rings (SSSR count). The minimum absolute atomic E-state index is 0.0447. The number of quaternary nitrogens is 1. The van der Waals surface area contributed by atoms with Gasteiger partial charge in [-0.2, -0.15) is 0 Å². The first kappa shape index (κ1) is 15.3. The monoisotopic (exact) mass is 283 g/mol. The zero-order chi connectivity index (χ0) is 15.1. The molecule has 0 aliphatic rings. The van der Waals surface area contributed by atoms with E-state index in [1.807, 2.05) is 62.5 Å². The first-order valence-electron chi connectivity index (χ1n) is 7.34. The standard InChI is InChI=1S/C18H22N2O/c1-15(17-11-7-4-8-12-17)19-18(21)14-20(2)13-16-9-5-3-6-10-16/h3-12,15H,13-14H2,1-2H3,(H,19,21)/p+1/t15-/m1/s1. The van der Waals surface area contributed by atoms with Gasteiger partial charge in [-0.25, -0.2) is 0 Å². The molecule has 3 nitrogen and oxygen atoms in total. The summed E-state index contributed by atoms with van der Waals surface area (Å²) in [5.41, 5.74) is 2.38. The van der Waals surface area contributed by atoms with Gasteiger partial charge in [-0.15, -0.1) is 0 Å². The van der Waals surface area contributed by atoms with Gasteiger partial charge in [-0.1, -0.05) is 60.7 Å². The highest BCUT2D eigenvalue weighted by Crippen LogP contribution is 2.10. The van der Waals surface area contributed by atoms with Crippen LogP contribution < -0.4 is 10.2 Å². The van der Waals surface area contributed by atoms with Crippen molar-refractivity contribution in [3.8, 4) is 0 Å². The van der Waals surface area contributed by atoms with Crippen LogP contribution in [-0.2, 0) is 11.3 Å². The lowest BCUT2D eigenvalue weighted by Gasteiger charge is -2.17. The van der Waals surface area contributed by atoms with Gasteiger partial charge in [-0.05, 0) is 12.5 Å². The van der Waals surface area contributed by atoms with Crippen LogP contribution in [0.3, 0.4) is 0 Å². The topological polar surface area (TPSA) is 33.5 Å². The van der Waals surface area contributed by atoms with Crippen molar-refractivity contribution in [1.82, 2.24) is 5.32 Å². The number of carbonyl (C=O) groups excluding carboxylic acids is 1. The average Bonchev–Trinajstić information content (AvgIpc) is 2.48. The molecule has 2 atom stereocenters. The van der Waals surface area contributed by atoms with Crippen LogP contribution >= 0.6 is 0 Å². The number of nitrogens with one attached hydrogen (secondary N) is 2. The maximum absolute atomic E-state index is 12.1. The molecule has 0 aliphatic carbocycles. The van der Waals surface area contributed by atoms with E-state index in [1.165, 1.54) is 10.5 Å². The molecule has 2 aromatic carbocycles. The van der Waals surface area contributed by atoms with Crippen LogP contribution in [0.1, 0.15) is 24.1 Å². The van der Waals surface area contributed by atoms with Crippen LogP contribution in [0.5, 0.6) is 0 Å². The fraction of sp³-hybridized carbons (Fsp3) is 0.278. The highest BCUT2D eigenvalue weighted by atomic mass is 16.2. The molecular weight excluding hydrogens is 260 g/mol. The molecule has 2 N–H and O–H groups in total. The van der Waals surface area contributed by atoms with Crippen LogP contribution in [0, 0.1) is 0 Å². The van der Waals surface area contributed by atoms with E-state index >= 15 is 0 Å². The minimum Gasteiger partial charge on any atom is -0.345 e. The van der Waals surface area contributed by atoms with Gasteiger partial charge >= 0.3 is 0 Å². The Kier molecular flexibility index (Phi) is 5.52. The molecule has 0 heterocycles. The second-order valence-electron chi connectivity index (χ2n) is 5.50. The van der Waals surface area contributed by atoms with E-state index in [0.717, 1.165) is 12.1 Å². The molecule has 110 valence electrons. The van der Waals surface area contributed by atoms with Gasteiger partial charge in [0.1, 0.15) is 6.54 Å². The van der Waals surface area contributed by atoms with E-state index in [4.69, 9.17) is 0 Å². The van der Waals surface area contributed by atoms with Gasteiger partial charge in [0.05, 0.1) is 13.1 Å². The third-order valence-corrected chi connectivity index (χ3v) is 3.49. The first-order chi connectivity index (χ1) is 10.1. The molecule has 0 bridgehead atoms. The summed E-state index contributed by atoms with van der Waals surface area (Å²) in [6.45, 7) is 3.35. The van der Waals surface area contributed by atoms with Crippen LogP contribution in [0.4, 0.5) is 0 Å². The summed E-state index contributed by atoms with van der Waals surface area (Å²) in [5, 5.41) is 3.05. The fourth-order valence-corrected chi connectivity index (χ4v) is 2.40. The highest BCUT2D eigenvalue weighted by molar-refractivity contribution is 5.77. The Hall–Kier alpha value is -2.13. The number of benzene rings is 2. The van der Waals surface area contributed by atoms with Crippen LogP contribution in [0.15, 0.2) is 60.7 Å². The minimum atomic E-state index is 0.0447. The molecule has 0 saturated carbocycles. The van der Waals surface area contributed by atoms with Gasteiger partial charge < -0.3 is 10.2 Å². The summed E-state index contributed by atoms with van der Waals surface area (Å²) in [6, 6.07) is 20.3. The van der Waals surface area contributed by atoms with Crippen molar-refractivity contribution in [2.45, 2.75) is 19.5 Å². The van der Waals surface area contributed by atoms with Crippen LogP contribution in [0.25, 0.3) is 0 Å². The molecule has 2 aromatic rings. The summed E-state index contributed by atoms with van der Waals surface area (Å²) in [6.07, 6.45) is 0. The predicted octanol–water partition coefficient (Wildman–Crippen LogP) is 1.58. The average molecular weight is 283 g/mol. The predicted molar refractivity (Wildman–Crippen MR) is 84.9 cm³/mol. The molecule has 1 unspecified atom stereocenters. The molecule has 0 saturated heterocycles. The van der Waals surface area contributed by atoms with E-state index in [9.17, 15) is 4.79 Å². The molecule has 0 aromatic heterocycles. The Morgan fingerprint density at radius 2 is 1.62 bits per heavy atom. The number of hydrogen-bond donors (Lipinski definition) is 2. The Balaban J connectivity index is 1.81. The van der Waals surface area contributed by atoms with Gasteiger partial charge in [-0.3, -0.25) is 4.79 Å². The Labute approximate surface area is 126 Å². The summed E-state index contributed by atoms with van der Waals surface area (Å²) in [4.78, 5) is 13.3. The zero-order valence-electron chi connectivity index (χ0n) is 12.7. The third-order valence-electron chi connectivity index (χ3n) is 3.49. The molecule has 1 amide bonds. The molecule has 0 aliphatic heterocycles. The van der Waals surface area contributed by atoms with Crippen LogP contribution in [-0.4, -0.2) is 19.5 Å². The van der Waals surface area contributed by atoms with Crippen molar-refractivity contribution in [2.24, 2.45) is 0 Å². The van der Waals surface area contributed by atoms with Crippen molar-refractivity contribution in [1.29, 1.82) is 0 Å². The van der Waals surface area contributed by atoms with Crippen molar-refractivity contribution in [3.05, 3.63) is 71.8 Å². The summed E-state index contributed by atoms with van der Waals surface area (Å²) >= 11 is 0. The van der Waals surface area contributed by atoms with Crippen molar-refractivity contribution in [3.63, 3.8) is 0 Å². The molecule has 21 heavy (non-hydrogen) atoms. The largest absolute Gasteiger partial charge is 0.345 e. The van der Waals surface area contributed by atoms with Gasteiger partial charge in [0.15, 0.2) is 6.54 Å². The van der Waals surface area contributed by atoms with Gasteiger partial charge in [0.2, 0.25) is 0 Å². The Morgan fingerprint density at radius 1 is 1.05 bits per heavy atom. The number of likely N-dealkylation sites (N-methyl/N-ethyl adjacent to an activating group) is 1. The van der Waals surface area contributed by atoms with Gasteiger partial charge in [0, 0.05) is 5.56 Å². The molecule has 0 spiro atoms. The number of amides is 1. The normalized spacial score (nSPS) is 13.4. The Bertz CT molecular complexity index is 554. The number of hydrogen-bond acceptors (Lipinski definition) is 1. The van der Waals surface area contributed by atoms with Crippen LogP contribution in [0.2, 0.25) is 0 Å². The Morgan fingerprint density at radius 3 is 2.24 bits per heavy atom. The van der Waals surface area contributed by atoms with E-state index in [2.05, 4.69) is 17.4 Å². The van der Waals surface area contributed by atoms with E-state index < -0.39 is 0 Å². The SMILES string of the molecule is C[C@@H](NC(=O)C[NH+](C)Cc1ccccc1)c1ccccc1. The maximum atomic E-state index is 12.1. The van der Waals surface area contributed by atoms with E-state index in [1.54, 1.807) is 0 Å². The number of rotatable bonds is 6. The van der Waals surface area contributed by atoms with Crippen molar-refractivity contribution in [2.75, 3.05) is 13.6 Å². The van der Waals surface area contributed by atoms with Crippen molar-refractivity contribution < 1.29 is 9.69 Å². The fourth-order valence-electron chi connectivity index (χ4n) is 2.40. The zero-order valence-corrected chi connectivity index (χ0v) is 12.7. The second-order valence-corrected chi connectivity index (χ2v) is 5.50. The molecule has 0 radical (unpaired) electrons. The molecule has 3 heteroatoms. The lowest BCUT2D eigenvalue weighted by atomic mass is 10.1. The van der Waals surface area contributed by atoms with E-state index in [0.29, 0.717) is 6.54 Å². The lowest BCUT2D eigenvalue weighted by Crippen LogP contribution is -3.08.